The molecule has 6 rings (SSSR count). The van der Waals surface area contributed by atoms with E-state index >= 15 is 0 Å². The van der Waals surface area contributed by atoms with Crippen LogP contribution in [0.25, 0.3) is 0 Å². The highest BCUT2D eigenvalue weighted by molar-refractivity contribution is 6.07. The van der Waals surface area contributed by atoms with Crippen molar-refractivity contribution >= 4 is 34.9 Å². The third kappa shape index (κ3) is 7.34. The summed E-state index contributed by atoms with van der Waals surface area (Å²) in [6.07, 6.45) is -0.0985. The lowest BCUT2D eigenvalue weighted by Gasteiger charge is -2.26. The van der Waals surface area contributed by atoms with Crippen LogP contribution >= 0.6 is 0 Å². The number of benzene rings is 4. The maximum Gasteiger partial charge on any atom is 0.307 e. The lowest BCUT2D eigenvalue weighted by Crippen LogP contribution is -2.44. The van der Waals surface area contributed by atoms with Crippen molar-refractivity contribution in [2.24, 2.45) is 5.16 Å². The fourth-order valence-corrected chi connectivity index (χ4v) is 5.77. The van der Waals surface area contributed by atoms with Crippen molar-refractivity contribution in [3.8, 4) is 0 Å². The number of anilines is 2. The molecule has 3 N–H and O–H groups in total. The second kappa shape index (κ2) is 14.3. The van der Waals surface area contributed by atoms with Gasteiger partial charge in [0, 0.05) is 59.7 Å². The Kier molecular flexibility index (Phi) is 9.59. The largest absolute Gasteiger partial charge is 0.466 e. The molecule has 0 saturated heterocycles. The van der Waals surface area contributed by atoms with Gasteiger partial charge in [-0.05, 0) is 48.9 Å². The number of esters is 1. The van der Waals surface area contributed by atoms with Crippen LogP contribution in [0.3, 0.4) is 0 Å². The van der Waals surface area contributed by atoms with Gasteiger partial charge in [0.15, 0.2) is 11.6 Å². The van der Waals surface area contributed by atoms with Gasteiger partial charge in [-0.25, -0.2) is 0 Å². The third-order valence-electron chi connectivity index (χ3n) is 8.38. The zero-order valence-corrected chi connectivity index (χ0v) is 26.3. The normalized spacial score (nSPS) is 18.3. The number of ketones is 1. The van der Waals surface area contributed by atoms with E-state index in [9.17, 15) is 14.4 Å². The molecule has 0 saturated carbocycles. The van der Waals surface area contributed by atoms with Gasteiger partial charge in [-0.1, -0.05) is 71.9 Å². The van der Waals surface area contributed by atoms with Crippen molar-refractivity contribution in [2.75, 3.05) is 23.9 Å². The number of rotatable bonds is 10. The summed E-state index contributed by atoms with van der Waals surface area (Å²) in [7, 11) is 1.73. The van der Waals surface area contributed by atoms with Crippen molar-refractivity contribution in [3.63, 3.8) is 0 Å². The van der Waals surface area contributed by atoms with Gasteiger partial charge < -0.3 is 30.4 Å². The molecule has 0 aliphatic carbocycles. The van der Waals surface area contributed by atoms with Crippen molar-refractivity contribution in [2.45, 2.75) is 44.6 Å². The molecule has 1 amide bonds. The summed E-state index contributed by atoms with van der Waals surface area (Å²) in [5, 5.41) is 14.4. The summed E-state index contributed by atoms with van der Waals surface area (Å²) in [6, 6.07) is 31.1. The van der Waals surface area contributed by atoms with Crippen molar-refractivity contribution in [1.82, 2.24) is 10.6 Å². The molecule has 10 nitrogen and oxygen atoms in total. The number of nitrogens with one attached hydrogen (secondary N) is 3. The van der Waals surface area contributed by atoms with Crippen LogP contribution in [0, 0.1) is 0 Å². The van der Waals surface area contributed by atoms with Crippen LogP contribution in [-0.2, 0) is 20.9 Å². The molecule has 4 aromatic rings. The summed E-state index contributed by atoms with van der Waals surface area (Å²) in [6.45, 7) is 2.49. The molecule has 0 fully saturated rings. The number of hydrogen-bond acceptors (Lipinski definition) is 9. The second-order valence-electron chi connectivity index (χ2n) is 11.5. The first kappa shape index (κ1) is 31.5. The van der Waals surface area contributed by atoms with Gasteiger partial charge in [0.25, 0.3) is 5.91 Å². The minimum Gasteiger partial charge on any atom is -0.466 e. The SMILES string of the molecule is CCOC(=O)CC1Nc2cc(C(=O)N(C)c3ccc(C4=NOC(c5ccccc5)N4)cc3)ccc2CNC1CC(=O)c1ccccc1. The maximum atomic E-state index is 13.7. The van der Waals surface area contributed by atoms with Crippen LogP contribution in [0.1, 0.15) is 63.4 Å². The van der Waals surface area contributed by atoms with Gasteiger partial charge in [-0.3, -0.25) is 14.4 Å². The van der Waals surface area contributed by atoms with E-state index in [2.05, 4.69) is 21.1 Å². The molecule has 0 spiro atoms. The number of fused-ring (bicyclic) bond motifs is 1. The Balaban J connectivity index is 1.15. The van der Waals surface area contributed by atoms with Crippen LogP contribution in [0.15, 0.2) is 108 Å². The first-order valence-electron chi connectivity index (χ1n) is 15.7. The lowest BCUT2D eigenvalue weighted by atomic mass is 9.96. The molecule has 2 heterocycles. The zero-order chi connectivity index (χ0) is 32.8. The predicted octanol–water partition coefficient (Wildman–Crippen LogP) is 5.42. The lowest BCUT2D eigenvalue weighted by molar-refractivity contribution is -0.143. The van der Waals surface area contributed by atoms with Gasteiger partial charge >= 0.3 is 5.97 Å². The van der Waals surface area contributed by atoms with Crippen LogP contribution in [0.2, 0.25) is 0 Å². The van der Waals surface area contributed by atoms with Gasteiger partial charge in [0.2, 0.25) is 6.23 Å². The van der Waals surface area contributed by atoms with Gasteiger partial charge in [0.1, 0.15) is 0 Å². The number of Topliss-reactive ketones (excluding diaryl/α,β-unsaturated/α-hetero) is 1. The van der Waals surface area contributed by atoms with E-state index in [1.807, 2.05) is 84.9 Å². The molecular formula is C37H37N5O5. The molecule has 240 valence electrons. The topological polar surface area (TPSA) is 121 Å². The van der Waals surface area contributed by atoms with E-state index in [1.54, 1.807) is 37.1 Å². The number of oxime groups is 1. The van der Waals surface area contributed by atoms with Crippen LogP contribution in [0.4, 0.5) is 11.4 Å². The number of amidine groups is 1. The van der Waals surface area contributed by atoms with Crippen molar-refractivity contribution < 1.29 is 24.0 Å². The zero-order valence-electron chi connectivity index (χ0n) is 26.3. The van der Waals surface area contributed by atoms with E-state index in [1.165, 1.54) is 0 Å². The minimum atomic E-state index is -0.434. The first-order chi connectivity index (χ1) is 22.9. The van der Waals surface area contributed by atoms with Crippen LogP contribution in [-0.4, -0.2) is 49.2 Å². The fraction of sp³-hybridized carbons (Fsp3) is 0.243. The van der Waals surface area contributed by atoms with Crippen molar-refractivity contribution in [1.29, 1.82) is 0 Å². The van der Waals surface area contributed by atoms with E-state index in [0.717, 1.165) is 22.4 Å². The highest BCUT2D eigenvalue weighted by Gasteiger charge is 2.31. The number of nitrogens with zero attached hydrogens (tertiary/aromatic N) is 2. The highest BCUT2D eigenvalue weighted by atomic mass is 16.7. The van der Waals surface area contributed by atoms with E-state index in [0.29, 0.717) is 29.2 Å². The maximum absolute atomic E-state index is 13.7. The average Bonchev–Trinajstić information content (AvgIpc) is 3.54. The summed E-state index contributed by atoms with van der Waals surface area (Å²) < 4.78 is 5.25. The molecule has 3 atom stereocenters. The Morgan fingerprint density at radius 3 is 2.30 bits per heavy atom. The molecule has 4 aromatic carbocycles. The Morgan fingerprint density at radius 1 is 0.851 bits per heavy atom. The highest BCUT2D eigenvalue weighted by Crippen LogP contribution is 2.27. The van der Waals surface area contributed by atoms with Gasteiger partial charge in [-0.15, -0.1) is 0 Å². The van der Waals surface area contributed by atoms with Gasteiger partial charge in [-0.2, -0.15) is 0 Å². The average molecular weight is 632 g/mol. The summed E-state index contributed by atoms with van der Waals surface area (Å²) >= 11 is 0. The number of hydrogen-bond donors (Lipinski definition) is 3. The molecular weight excluding hydrogens is 594 g/mol. The number of ether oxygens (including phenoxy) is 1. The molecule has 0 aromatic heterocycles. The molecule has 0 bridgehead atoms. The monoisotopic (exact) mass is 631 g/mol. The molecule has 2 aliphatic rings. The van der Waals surface area contributed by atoms with E-state index in [4.69, 9.17) is 9.57 Å². The summed E-state index contributed by atoms with van der Waals surface area (Å²) in [5.41, 5.74) is 5.28. The fourth-order valence-electron chi connectivity index (χ4n) is 5.77. The third-order valence-corrected chi connectivity index (χ3v) is 8.38. The summed E-state index contributed by atoms with van der Waals surface area (Å²) in [4.78, 5) is 46.6. The van der Waals surface area contributed by atoms with Gasteiger partial charge in [0.05, 0.1) is 19.1 Å². The molecule has 47 heavy (non-hydrogen) atoms. The van der Waals surface area contributed by atoms with Crippen LogP contribution < -0.4 is 20.9 Å². The number of carbonyl (C=O) groups is 3. The molecule has 2 aliphatic heterocycles. The second-order valence-corrected chi connectivity index (χ2v) is 11.5. The predicted molar refractivity (Wildman–Crippen MR) is 180 cm³/mol. The number of amides is 1. The van der Waals surface area contributed by atoms with Crippen LogP contribution in [0.5, 0.6) is 0 Å². The molecule has 0 radical (unpaired) electrons. The first-order valence-corrected chi connectivity index (χ1v) is 15.7. The smallest absolute Gasteiger partial charge is 0.307 e. The summed E-state index contributed by atoms with van der Waals surface area (Å²) in [5.74, 6) is 0.0448. The Bertz CT molecular complexity index is 1760. The minimum absolute atomic E-state index is 0.0208. The van der Waals surface area contributed by atoms with Crippen molar-refractivity contribution in [3.05, 3.63) is 131 Å². The Labute approximate surface area is 273 Å². The Hall–Kier alpha value is -5.48. The Morgan fingerprint density at radius 2 is 1.57 bits per heavy atom. The molecule has 3 unspecified atom stereocenters. The molecule has 10 heteroatoms. The number of carbonyl (C=O) groups excluding carboxylic acids is 3. The van der Waals surface area contributed by atoms with E-state index < -0.39 is 6.04 Å². The quantitative estimate of drug-likeness (QED) is 0.157. The van der Waals surface area contributed by atoms with E-state index in [-0.39, 0.29) is 49.4 Å². The standard InChI is InChI=1S/C37H37N5O5/c1-3-46-34(44)22-32-31(21-33(43)24-10-6-4-7-11-24)38-23-28-15-14-27(20-30(28)39-32)37(45)42(2)29-18-16-25(17-19-29)35-40-36(47-41-35)26-12-8-5-9-13-26/h4-20,31-32,36,38-39H,3,21-23H2,1-2H3,(H,40,41).